The number of anilines is 1. The van der Waals surface area contributed by atoms with Gasteiger partial charge in [-0.3, -0.25) is 14.7 Å². The molecule has 1 aliphatic heterocycles. The summed E-state index contributed by atoms with van der Waals surface area (Å²) in [4.78, 5) is 33.6. The number of allylic oxidation sites excluding steroid dienone is 2. The van der Waals surface area contributed by atoms with E-state index >= 15 is 0 Å². The Morgan fingerprint density at radius 1 is 1.15 bits per heavy atom. The Kier molecular flexibility index (Phi) is 7.03. The largest absolute Gasteiger partial charge is 0.463 e. The maximum Gasteiger partial charge on any atom is 0.338 e. The molecule has 5 rings (SSSR count). The fraction of sp³-hybridized carbons (Fsp3) is 0.310. The topological polar surface area (TPSA) is 103 Å². The molecule has 1 unspecified atom stereocenters. The number of nitrogens with two attached hydrogens (primary N) is 1. The van der Waals surface area contributed by atoms with E-state index in [2.05, 4.69) is 10.1 Å². The van der Waals surface area contributed by atoms with Crippen molar-refractivity contribution in [3.63, 3.8) is 0 Å². The molecule has 202 valence electrons. The molecule has 2 N–H and O–H groups in total. The standard InChI is InChI=1S/C29H29Cl2N5O3/c1-5-39-28(38)25-24(22-16(2)34-36(26(22)31)18-10-8-17(30)9-11-18)23-20(13-29(3,4)14-21(23)37)35(27(25)32)19-7-6-12-33-15-19/h6-12,15,24H,5,13-14,32H2,1-4H3. The fourth-order valence-corrected chi connectivity index (χ4v) is 5.99. The first-order chi connectivity index (χ1) is 18.5. The lowest BCUT2D eigenvalue weighted by Gasteiger charge is -2.44. The number of aromatic nitrogens is 3. The molecule has 0 amide bonds. The van der Waals surface area contributed by atoms with Crippen molar-refractivity contribution in [2.75, 3.05) is 11.5 Å². The number of Topliss-reactive ketones (excluding diaryl/α,β-unsaturated/α-hetero) is 1. The predicted octanol–water partition coefficient (Wildman–Crippen LogP) is 5.86. The number of ketones is 1. The quantitative estimate of drug-likeness (QED) is 0.386. The summed E-state index contributed by atoms with van der Waals surface area (Å²) in [5, 5.41) is 5.54. The number of carbonyl (C=O) groups excluding carboxylic acids is 2. The highest BCUT2D eigenvalue weighted by Gasteiger charge is 2.48. The van der Waals surface area contributed by atoms with Gasteiger partial charge in [0.25, 0.3) is 0 Å². The van der Waals surface area contributed by atoms with Crippen LogP contribution in [0.2, 0.25) is 10.2 Å². The van der Waals surface area contributed by atoms with Crippen LogP contribution in [0.5, 0.6) is 0 Å². The minimum atomic E-state index is -0.857. The average Bonchev–Trinajstić information content (AvgIpc) is 3.17. The van der Waals surface area contributed by atoms with E-state index in [-0.39, 0.29) is 34.4 Å². The molecule has 3 heterocycles. The van der Waals surface area contributed by atoms with Gasteiger partial charge in [-0.15, -0.1) is 0 Å². The maximum absolute atomic E-state index is 14.0. The lowest BCUT2D eigenvalue weighted by Crippen LogP contribution is -2.44. The van der Waals surface area contributed by atoms with Crippen LogP contribution in [0.3, 0.4) is 0 Å². The highest BCUT2D eigenvalue weighted by Crippen LogP contribution is 2.52. The molecular formula is C29H29Cl2N5O3. The first-order valence-electron chi connectivity index (χ1n) is 12.7. The van der Waals surface area contributed by atoms with Crippen molar-refractivity contribution in [1.82, 2.24) is 14.8 Å². The van der Waals surface area contributed by atoms with E-state index in [0.717, 1.165) is 5.70 Å². The van der Waals surface area contributed by atoms with Crippen LogP contribution >= 0.6 is 23.2 Å². The lowest BCUT2D eigenvalue weighted by atomic mass is 9.68. The molecule has 0 saturated heterocycles. The molecule has 10 heteroatoms. The molecule has 8 nitrogen and oxygen atoms in total. The highest BCUT2D eigenvalue weighted by atomic mass is 35.5. The number of benzene rings is 1. The zero-order valence-electron chi connectivity index (χ0n) is 22.2. The number of hydrogen-bond acceptors (Lipinski definition) is 7. The summed E-state index contributed by atoms with van der Waals surface area (Å²) in [5.74, 6) is -1.38. The molecule has 0 radical (unpaired) electrons. The Morgan fingerprint density at radius 2 is 1.87 bits per heavy atom. The van der Waals surface area contributed by atoms with Crippen molar-refractivity contribution in [2.45, 2.75) is 46.5 Å². The third kappa shape index (κ3) is 4.72. The van der Waals surface area contributed by atoms with Gasteiger partial charge in [-0.25, -0.2) is 9.48 Å². The first kappa shape index (κ1) is 27.0. The van der Waals surface area contributed by atoms with E-state index in [9.17, 15) is 9.59 Å². The molecule has 1 aliphatic carbocycles. The number of aryl methyl sites for hydroxylation is 1. The molecular weight excluding hydrogens is 537 g/mol. The van der Waals surface area contributed by atoms with Crippen LogP contribution in [0, 0.1) is 12.3 Å². The van der Waals surface area contributed by atoms with Crippen molar-refractivity contribution in [3.8, 4) is 5.69 Å². The van der Waals surface area contributed by atoms with Crippen molar-refractivity contribution in [3.05, 3.63) is 92.9 Å². The maximum atomic E-state index is 14.0. The van der Waals surface area contributed by atoms with E-state index in [1.807, 2.05) is 19.9 Å². The van der Waals surface area contributed by atoms with Crippen LogP contribution in [0.15, 0.2) is 71.5 Å². The van der Waals surface area contributed by atoms with Gasteiger partial charge in [0.2, 0.25) is 0 Å². The summed E-state index contributed by atoms with van der Waals surface area (Å²) in [7, 11) is 0. The zero-order chi connectivity index (χ0) is 28.1. The number of hydrogen-bond donors (Lipinski definition) is 1. The third-order valence-corrected chi connectivity index (χ3v) is 7.68. The summed E-state index contributed by atoms with van der Waals surface area (Å²) in [5.41, 5.74) is 10.3. The minimum absolute atomic E-state index is 0.0795. The fourth-order valence-electron chi connectivity index (χ4n) is 5.48. The van der Waals surface area contributed by atoms with Gasteiger partial charge >= 0.3 is 5.97 Å². The van der Waals surface area contributed by atoms with Gasteiger partial charge in [0, 0.05) is 34.5 Å². The second-order valence-corrected chi connectivity index (χ2v) is 11.3. The molecule has 39 heavy (non-hydrogen) atoms. The number of ether oxygens (including phenoxy) is 1. The van der Waals surface area contributed by atoms with Crippen molar-refractivity contribution < 1.29 is 14.3 Å². The predicted molar refractivity (Wildman–Crippen MR) is 151 cm³/mol. The van der Waals surface area contributed by atoms with Crippen molar-refractivity contribution >= 4 is 40.6 Å². The van der Waals surface area contributed by atoms with Gasteiger partial charge in [-0.05, 0) is 62.1 Å². The molecule has 0 spiro atoms. The van der Waals surface area contributed by atoms with E-state index < -0.39 is 11.9 Å². The van der Waals surface area contributed by atoms with Crippen LogP contribution < -0.4 is 10.6 Å². The van der Waals surface area contributed by atoms with Crippen LogP contribution in [0.4, 0.5) is 5.69 Å². The van der Waals surface area contributed by atoms with Crippen LogP contribution in [-0.4, -0.2) is 33.1 Å². The number of rotatable bonds is 5. The van der Waals surface area contributed by atoms with Crippen molar-refractivity contribution in [2.24, 2.45) is 11.1 Å². The summed E-state index contributed by atoms with van der Waals surface area (Å²) in [6, 6.07) is 10.7. The average molecular weight is 566 g/mol. The Labute approximate surface area is 237 Å². The number of halogens is 2. The van der Waals surface area contributed by atoms with Gasteiger partial charge in [-0.2, -0.15) is 5.10 Å². The lowest BCUT2D eigenvalue weighted by molar-refractivity contribution is -0.138. The molecule has 1 aromatic carbocycles. The zero-order valence-corrected chi connectivity index (χ0v) is 23.7. The van der Waals surface area contributed by atoms with Gasteiger partial charge in [0.1, 0.15) is 11.0 Å². The summed E-state index contributed by atoms with van der Waals surface area (Å²) < 4.78 is 7.07. The van der Waals surface area contributed by atoms with E-state index in [0.29, 0.717) is 46.1 Å². The second kappa shape index (κ2) is 10.2. The Hall–Kier alpha value is -3.62. The number of nitrogens with zero attached hydrogens (tertiary/aromatic N) is 4. The molecule has 0 bridgehead atoms. The number of carbonyl (C=O) groups is 2. The van der Waals surface area contributed by atoms with Crippen LogP contribution in [0.25, 0.3) is 5.69 Å². The van der Waals surface area contributed by atoms with Crippen LogP contribution in [0.1, 0.15) is 50.8 Å². The summed E-state index contributed by atoms with van der Waals surface area (Å²) in [6.45, 7) is 7.75. The number of pyridine rings is 1. The Balaban J connectivity index is 1.80. The molecule has 2 aromatic heterocycles. The van der Waals surface area contributed by atoms with Crippen LogP contribution in [-0.2, 0) is 14.3 Å². The van der Waals surface area contributed by atoms with E-state index in [1.165, 1.54) is 0 Å². The Morgan fingerprint density at radius 3 is 2.51 bits per heavy atom. The van der Waals surface area contributed by atoms with Crippen molar-refractivity contribution in [1.29, 1.82) is 0 Å². The normalized spacial score (nSPS) is 18.9. The third-order valence-electron chi connectivity index (χ3n) is 7.07. The molecule has 2 aliphatic rings. The first-order valence-corrected chi connectivity index (χ1v) is 13.4. The highest BCUT2D eigenvalue weighted by molar-refractivity contribution is 6.31. The van der Waals surface area contributed by atoms with Gasteiger partial charge in [0.15, 0.2) is 5.78 Å². The monoisotopic (exact) mass is 565 g/mol. The molecule has 0 saturated carbocycles. The SMILES string of the molecule is CCOC(=O)C1=C(N)N(c2cccnc2)C2=C(C(=O)CC(C)(C)C2)C1c1c(C)nn(-c2ccc(Cl)cc2)c1Cl. The molecule has 3 aromatic rings. The Bertz CT molecular complexity index is 1520. The number of esters is 1. The second-order valence-electron chi connectivity index (χ2n) is 10.5. The summed E-state index contributed by atoms with van der Waals surface area (Å²) in [6.07, 6.45) is 4.17. The van der Waals surface area contributed by atoms with Gasteiger partial charge < -0.3 is 10.5 Å². The smallest absolute Gasteiger partial charge is 0.338 e. The molecule has 0 fully saturated rings. The summed E-state index contributed by atoms with van der Waals surface area (Å²) >= 11 is 13.1. The van der Waals surface area contributed by atoms with E-state index in [4.69, 9.17) is 33.7 Å². The van der Waals surface area contributed by atoms with E-state index in [1.54, 1.807) is 66.2 Å². The van der Waals surface area contributed by atoms with Gasteiger partial charge in [-0.1, -0.05) is 37.0 Å². The van der Waals surface area contributed by atoms with Gasteiger partial charge in [0.05, 0.1) is 41.4 Å². The molecule has 1 atom stereocenters. The minimum Gasteiger partial charge on any atom is -0.463 e.